The third kappa shape index (κ3) is 4.87. The first-order valence-corrected chi connectivity index (χ1v) is 10.2. The molecule has 0 radical (unpaired) electrons. The lowest BCUT2D eigenvalue weighted by molar-refractivity contribution is -0.131. The van der Waals surface area contributed by atoms with Gasteiger partial charge in [0.1, 0.15) is 17.9 Å². The molecule has 4 amide bonds. The lowest BCUT2D eigenvalue weighted by atomic mass is 9.98. The van der Waals surface area contributed by atoms with Crippen LogP contribution in [0.2, 0.25) is 0 Å². The first kappa shape index (κ1) is 21.1. The van der Waals surface area contributed by atoms with Crippen molar-refractivity contribution in [2.75, 3.05) is 40.3 Å². The zero-order chi connectivity index (χ0) is 20.9. The summed E-state index contributed by atoms with van der Waals surface area (Å²) in [4.78, 5) is 40.6. The number of imide groups is 1. The highest BCUT2D eigenvalue weighted by Gasteiger charge is 2.51. The van der Waals surface area contributed by atoms with E-state index in [4.69, 9.17) is 4.74 Å². The van der Waals surface area contributed by atoms with E-state index in [1.807, 2.05) is 25.1 Å². The number of hydrogen-bond acceptors (Lipinski definition) is 5. The van der Waals surface area contributed by atoms with Crippen LogP contribution in [0.5, 0.6) is 5.75 Å². The van der Waals surface area contributed by atoms with Crippen molar-refractivity contribution in [1.82, 2.24) is 20.4 Å². The van der Waals surface area contributed by atoms with Crippen LogP contribution in [-0.4, -0.2) is 73.5 Å². The summed E-state index contributed by atoms with van der Waals surface area (Å²) in [6.45, 7) is 1.91. The summed E-state index contributed by atoms with van der Waals surface area (Å²) >= 11 is 0. The fraction of sp³-hybridized carbons (Fsp3) is 0.571. The zero-order valence-electron chi connectivity index (χ0n) is 17.2. The third-order valence-electron chi connectivity index (χ3n) is 5.47. The molecule has 0 atom stereocenters. The molecule has 1 spiro atoms. The van der Waals surface area contributed by atoms with Gasteiger partial charge < -0.3 is 20.3 Å². The average Bonchev–Trinajstić information content (AvgIpc) is 3.25. The van der Waals surface area contributed by atoms with Gasteiger partial charge in [-0.15, -0.1) is 0 Å². The number of rotatable bonds is 9. The molecule has 29 heavy (non-hydrogen) atoms. The number of carbonyl (C=O) groups excluding carboxylic acids is 3. The van der Waals surface area contributed by atoms with Gasteiger partial charge in [0.15, 0.2) is 0 Å². The first-order valence-electron chi connectivity index (χ1n) is 10.2. The SMILES string of the molecule is CN(C)CCOc1ccccc1C(=O)NCCCN1C(=O)NC2(CCCC2)C1=O. The molecule has 0 aromatic heterocycles. The number of urea groups is 1. The highest BCUT2D eigenvalue weighted by atomic mass is 16.5. The van der Waals surface area contributed by atoms with Crippen LogP contribution in [0.1, 0.15) is 42.5 Å². The third-order valence-corrected chi connectivity index (χ3v) is 5.47. The predicted octanol–water partition coefficient (Wildman–Crippen LogP) is 1.61. The Balaban J connectivity index is 1.47. The molecule has 8 heteroatoms. The molecule has 1 saturated heterocycles. The Hall–Kier alpha value is -2.61. The van der Waals surface area contributed by atoms with Gasteiger partial charge in [0.25, 0.3) is 11.8 Å². The van der Waals surface area contributed by atoms with E-state index in [1.165, 1.54) is 4.90 Å². The maximum absolute atomic E-state index is 12.6. The number of para-hydroxylation sites is 1. The van der Waals surface area contributed by atoms with E-state index < -0.39 is 5.54 Å². The molecule has 8 nitrogen and oxygen atoms in total. The largest absolute Gasteiger partial charge is 0.491 e. The van der Waals surface area contributed by atoms with E-state index in [0.29, 0.717) is 37.4 Å². The van der Waals surface area contributed by atoms with Gasteiger partial charge >= 0.3 is 6.03 Å². The number of likely N-dealkylation sites (N-methyl/N-ethyl adjacent to an activating group) is 1. The zero-order valence-corrected chi connectivity index (χ0v) is 17.2. The smallest absolute Gasteiger partial charge is 0.325 e. The van der Waals surface area contributed by atoms with Crippen molar-refractivity contribution in [2.45, 2.75) is 37.6 Å². The monoisotopic (exact) mass is 402 g/mol. The van der Waals surface area contributed by atoms with Crippen molar-refractivity contribution in [1.29, 1.82) is 0 Å². The van der Waals surface area contributed by atoms with Gasteiger partial charge in [-0.3, -0.25) is 14.5 Å². The lowest BCUT2D eigenvalue weighted by Gasteiger charge is -2.20. The minimum atomic E-state index is -0.677. The minimum absolute atomic E-state index is 0.119. The van der Waals surface area contributed by atoms with Gasteiger partial charge in [-0.25, -0.2) is 4.79 Å². The fourth-order valence-electron chi connectivity index (χ4n) is 3.85. The Morgan fingerprint density at radius 3 is 2.69 bits per heavy atom. The Labute approximate surface area is 171 Å². The molecule has 1 aliphatic heterocycles. The Morgan fingerprint density at radius 1 is 1.24 bits per heavy atom. The van der Waals surface area contributed by atoms with Gasteiger partial charge in [0.05, 0.1) is 5.56 Å². The molecular formula is C21H30N4O4. The summed E-state index contributed by atoms with van der Waals surface area (Å²) in [5, 5.41) is 5.72. The van der Waals surface area contributed by atoms with E-state index in [0.717, 1.165) is 32.2 Å². The number of ether oxygens (including phenoxy) is 1. The van der Waals surface area contributed by atoms with Crippen molar-refractivity contribution in [3.05, 3.63) is 29.8 Å². The van der Waals surface area contributed by atoms with E-state index in [2.05, 4.69) is 10.6 Å². The van der Waals surface area contributed by atoms with E-state index in [-0.39, 0.29) is 17.8 Å². The quantitative estimate of drug-likeness (QED) is 0.484. The number of benzene rings is 1. The molecule has 2 N–H and O–H groups in total. The molecule has 3 rings (SSSR count). The summed E-state index contributed by atoms with van der Waals surface area (Å²) in [5.74, 6) is 0.199. The second-order valence-electron chi connectivity index (χ2n) is 7.93. The number of hydrogen-bond donors (Lipinski definition) is 2. The van der Waals surface area contributed by atoms with E-state index >= 15 is 0 Å². The average molecular weight is 402 g/mol. The van der Waals surface area contributed by atoms with Crippen LogP contribution >= 0.6 is 0 Å². The summed E-state index contributed by atoms with van der Waals surface area (Å²) in [6, 6.07) is 6.81. The molecule has 1 aromatic rings. The number of amides is 4. The lowest BCUT2D eigenvalue weighted by Crippen LogP contribution is -2.44. The number of nitrogens with one attached hydrogen (secondary N) is 2. The second-order valence-corrected chi connectivity index (χ2v) is 7.93. The van der Waals surface area contributed by atoms with Crippen molar-refractivity contribution in [3.8, 4) is 5.75 Å². The van der Waals surface area contributed by atoms with Crippen LogP contribution < -0.4 is 15.4 Å². The molecule has 1 heterocycles. The van der Waals surface area contributed by atoms with Gasteiger partial charge in [-0.05, 0) is 45.5 Å². The highest BCUT2D eigenvalue weighted by molar-refractivity contribution is 6.07. The topological polar surface area (TPSA) is 91.0 Å². The standard InChI is InChI=1S/C21H30N4O4/c1-24(2)14-15-29-17-9-4-3-8-16(17)18(26)22-12-7-13-25-19(27)21(23-20(25)28)10-5-6-11-21/h3-4,8-9H,5-7,10-15H2,1-2H3,(H,22,26)(H,23,28). The van der Waals surface area contributed by atoms with E-state index in [9.17, 15) is 14.4 Å². The molecule has 158 valence electrons. The maximum Gasteiger partial charge on any atom is 0.325 e. The van der Waals surface area contributed by atoms with Crippen molar-refractivity contribution in [3.63, 3.8) is 0 Å². The molecule has 1 aliphatic carbocycles. The Morgan fingerprint density at radius 2 is 1.97 bits per heavy atom. The Bertz CT molecular complexity index is 759. The van der Waals surface area contributed by atoms with Crippen LogP contribution in [0.15, 0.2) is 24.3 Å². The molecule has 2 fully saturated rings. The van der Waals surface area contributed by atoms with Crippen molar-refractivity contribution in [2.24, 2.45) is 0 Å². The second kappa shape index (κ2) is 9.26. The molecular weight excluding hydrogens is 372 g/mol. The predicted molar refractivity (Wildman–Crippen MR) is 109 cm³/mol. The van der Waals surface area contributed by atoms with Crippen molar-refractivity contribution < 1.29 is 19.1 Å². The van der Waals surface area contributed by atoms with E-state index in [1.54, 1.807) is 18.2 Å². The van der Waals surface area contributed by atoms with Gasteiger partial charge in [0, 0.05) is 19.6 Å². The van der Waals surface area contributed by atoms with Crippen LogP contribution in [0, 0.1) is 0 Å². The molecule has 1 aromatic carbocycles. The van der Waals surface area contributed by atoms with Gasteiger partial charge in [0.2, 0.25) is 0 Å². The van der Waals surface area contributed by atoms with Gasteiger partial charge in [-0.2, -0.15) is 0 Å². The van der Waals surface area contributed by atoms with Crippen LogP contribution in [0.3, 0.4) is 0 Å². The van der Waals surface area contributed by atoms with Crippen LogP contribution in [0.25, 0.3) is 0 Å². The summed E-state index contributed by atoms with van der Waals surface area (Å²) in [5.41, 5.74) is -0.199. The number of carbonyl (C=O) groups is 3. The molecule has 0 unspecified atom stereocenters. The minimum Gasteiger partial charge on any atom is -0.491 e. The van der Waals surface area contributed by atoms with Gasteiger partial charge in [-0.1, -0.05) is 25.0 Å². The number of nitrogens with zero attached hydrogens (tertiary/aromatic N) is 2. The highest BCUT2D eigenvalue weighted by Crippen LogP contribution is 2.34. The molecule has 0 bridgehead atoms. The van der Waals surface area contributed by atoms with Crippen LogP contribution in [-0.2, 0) is 4.79 Å². The normalized spacial score (nSPS) is 17.8. The summed E-state index contributed by atoms with van der Waals surface area (Å²) < 4.78 is 5.73. The fourth-order valence-corrected chi connectivity index (χ4v) is 3.85. The summed E-state index contributed by atoms with van der Waals surface area (Å²) in [7, 11) is 3.92. The Kier molecular flexibility index (Phi) is 6.74. The maximum atomic E-state index is 12.6. The summed E-state index contributed by atoms with van der Waals surface area (Å²) in [6.07, 6.45) is 3.87. The molecule has 2 aliphatic rings. The van der Waals surface area contributed by atoms with Crippen LogP contribution in [0.4, 0.5) is 4.79 Å². The first-order chi connectivity index (χ1) is 13.9. The molecule has 1 saturated carbocycles. The van der Waals surface area contributed by atoms with Crippen molar-refractivity contribution >= 4 is 17.8 Å².